The number of hydrogen-bond donors (Lipinski definition) is 6. The highest BCUT2D eigenvalue weighted by Gasteiger charge is 2.20. The first-order valence-corrected chi connectivity index (χ1v) is 18.8. The van der Waals surface area contributed by atoms with Crippen LogP contribution >= 0.6 is 0 Å². The number of aryl methyl sites for hydroxylation is 6. The number of phenolic OH excluding ortho intramolecular Hbond substituents is 6. The minimum atomic E-state index is 0.190. The summed E-state index contributed by atoms with van der Waals surface area (Å²) in [5.74, 6) is 1.29. The summed E-state index contributed by atoms with van der Waals surface area (Å²) < 4.78 is 0. The van der Waals surface area contributed by atoms with Crippen LogP contribution in [0, 0.1) is 55.4 Å². The smallest absolute Gasteiger partial charge is 0.122 e. The minimum absolute atomic E-state index is 0.190. The van der Waals surface area contributed by atoms with Gasteiger partial charge in [-0.3, -0.25) is 0 Å². The molecule has 6 aromatic carbocycles. The third-order valence-corrected chi connectivity index (χ3v) is 11.2. The highest BCUT2D eigenvalue weighted by atomic mass is 16.3. The zero-order valence-corrected chi connectivity index (χ0v) is 33.1. The molecule has 0 atom stereocenters. The summed E-state index contributed by atoms with van der Waals surface area (Å²) in [4.78, 5) is 0. The van der Waals surface area contributed by atoms with Gasteiger partial charge in [0.2, 0.25) is 0 Å². The van der Waals surface area contributed by atoms with Crippen molar-refractivity contribution >= 4 is 0 Å². The minimum Gasteiger partial charge on any atom is -0.508 e. The molecule has 0 spiro atoms. The van der Waals surface area contributed by atoms with Crippen LogP contribution in [0.1, 0.15) is 100 Å². The molecule has 0 saturated carbocycles. The standard InChI is InChI=1S/C49H52O6/c1-26-9-11-44(50)38(13-26)24-40-19-34(15-28(3)46(40)52)21-42-32(7)36(17-30(5)48(42)54)23-37-18-31(6)49(55)43(33(37)8)22-35-16-29(4)47(53)41(20-35)25-39-14-27(2)10-12-45(39)51/h9-20,50-55H,21-25H2,1-8H3. The van der Waals surface area contributed by atoms with Gasteiger partial charge in [-0.15, -0.1) is 0 Å². The van der Waals surface area contributed by atoms with E-state index in [1.165, 1.54) is 0 Å². The Morgan fingerprint density at radius 3 is 1.05 bits per heavy atom. The van der Waals surface area contributed by atoms with Crippen LogP contribution < -0.4 is 0 Å². The maximum Gasteiger partial charge on any atom is 0.122 e. The van der Waals surface area contributed by atoms with Gasteiger partial charge in [-0.05, 0) is 152 Å². The average molecular weight is 737 g/mol. The normalized spacial score (nSPS) is 11.3. The van der Waals surface area contributed by atoms with Gasteiger partial charge < -0.3 is 30.6 Å². The summed E-state index contributed by atoms with van der Waals surface area (Å²) in [6.07, 6.45) is 2.27. The Labute approximate surface area is 324 Å². The molecule has 6 heteroatoms. The van der Waals surface area contributed by atoms with Crippen LogP contribution in [-0.4, -0.2) is 30.6 Å². The third kappa shape index (κ3) is 8.14. The SMILES string of the molecule is Cc1ccc(O)c(Cc2cc(Cc3c(C)c(Cc4cc(C)c(O)c(Cc5cc(C)c(O)c(Cc6cc(C)ccc6O)c5)c4C)cc(C)c3O)cc(C)c2O)c1. The van der Waals surface area contributed by atoms with Gasteiger partial charge in [0.1, 0.15) is 34.5 Å². The first-order chi connectivity index (χ1) is 26.0. The molecule has 0 heterocycles. The summed E-state index contributed by atoms with van der Waals surface area (Å²) in [5, 5.41) is 65.8. The molecule has 0 saturated heterocycles. The fourth-order valence-corrected chi connectivity index (χ4v) is 7.97. The van der Waals surface area contributed by atoms with Gasteiger partial charge in [0.05, 0.1) is 0 Å². The largest absolute Gasteiger partial charge is 0.508 e. The van der Waals surface area contributed by atoms with Crippen molar-refractivity contribution in [3.8, 4) is 34.5 Å². The zero-order chi connectivity index (χ0) is 39.9. The van der Waals surface area contributed by atoms with Crippen molar-refractivity contribution in [1.82, 2.24) is 0 Å². The van der Waals surface area contributed by atoms with Crippen molar-refractivity contribution in [3.05, 3.63) is 173 Å². The lowest BCUT2D eigenvalue weighted by molar-refractivity contribution is 0.459. The van der Waals surface area contributed by atoms with Gasteiger partial charge in [0.25, 0.3) is 0 Å². The fourth-order valence-electron chi connectivity index (χ4n) is 7.97. The number of benzene rings is 6. The summed E-state index contributed by atoms with van der Waals surface area (Å²) in [6.45, 7) is 15.6. The quantitative estimate of drug-likeness (QED) is 0.0833. The molecule has 0 radical (unpaired) electrons. The van der Waals surface area contributed by atoms with E-state index in [1.807, 2.05) is 116 Å². The first kappa shape index (κ1) is 38.8. The van der Waals surface area contributed by atoms with E-state index < -0.39 is 0 Å². The molecular formula is C49H52O6. The molecular weight excluding hydrogens is 685 g/mol. The monoisotopic (exact) mass is 736 g/mol. The predicted molar refractivity (Wildman–Crippen MR) is 221 cm³/mol. The second kappa shape index (κ2) is 15.5. The van der Waals surface area contributed by atoms with Crippen molar-refractivity contribution in [1.29, 1.82) is 0 Å². The highest BCUT2D eigenvalue weighted by Crippen LogP contribution is 2.38. The van der Waals surface area contributed by atoms with E-state index in [2.05, 4.69) is 0 Å². The van der Waals surface area contributed by atoms with Crippen molar-refractivity contribution < 1.29 is 30.6 Å². The molecule has 0 aliphatic heterocycles. The molecule has 6 N–H and O–H groups in total. The van der Waals surface area contributed by atoms with Crippen molar-refractivity contribution in [3.63, 3.8) is 0 Å². The number of rotatable bonds is 10. The van der Waals surface area contributed by atoms with Crippen molar-refractivity contribution in [2.75, 3.05) is 0 Å². The molecule has 55 heavy (non-hydrogen) atoms. The van der Waals surface area contributed by atoms with Gasteiger partial charge in [-0.25, -0.2) is 0 Å². The lowest BCUT2D eigenvalue weighted by atomic mass is 9.86. The van der Waals surface area contributed by atoms with E-state index in [9.17, 15) is 30.6 Å². The molecule has 0 aliphatic carbocycles. The van der Waals surface area contributed by atoms with Gasteiger partial charge in [0.15, 0.2) is 0 Å². The van der Waals surface area contributed by atoms with Gasteiger partial charge in [-0.1, -0.05) is 71.8 Å². The van der Waals surface area contributed by atoms with Crippen LogP contribution in [0.3, 0.4) is 0 Å². The van der Waals surface area contributed by atoms with Crippen LogP contribution in [0.5, 0.6) is 34.5 Å². The topological polar surface area (TPSA) is 121 Å². The predicted octanol–water partition coefficient (Wildman–Crippen LogP) is 10.3. The van der Waals surface area contributed by atoms with Gasteiger partial charge in [-0.2, -0.15) is 0 Å². The Balaban J connectivity index is 1.32. The Kier molecular flexibility index (Phi) is 10.9. The van der Waals surface area contributed by atoms with E-state index in [0.717, 1.165) is 89.0 Å². The summed E-state index contributed by atoms with van der Waals surface area (Å²) in [5.41, 5.74) is 15.6. The van der Waals surface area contributed by atoms with Crippen LogP contribution in [-0.2, 0) is 32.1 Å². The molecule has 6 nitrogen and oxygen atoms in total. The second-order valence-corrected chi connectivity index (χ2v) is 15.6. The molecule has 6 rings (SSSR count). The van der Waals surface area contributed by atoms with E-state index in [0.29, 0.717) is 43.2 Å². The van der Waals surface area contributed by atoms with Gasteiger partial charge in [0, 0.05) is 36.8 Å². The Morgan fingerprint density at radius 2 is 0.673 bits per heavy atom. The molecule has 0 aliphatic rings. The molecule has 0 aromatic heterocycles. The molecule has 0 amide bonds. The van der Waals surface area contributed by atoms with E-state index in [1.54, 1.807) is 12.1 Å². The maximum atomic E-state index is 11.4. The molecule has 0 unspecified atom stereocenters. The molecule has 284 valence electrons. The van der Waals surface area contributed by atoms with E-state index in [4.69, 9.17) is 0 Å². The third-order valence-electron chi connectivity index (χ3n) is 11.2. The Morgan fingerprint density at radius 1 is 0.327 bits per heavy atom. The Hall–Kier alpha value is -5.88. The van der Waals surface area contributed by atoms with Crippen molar-refractivity contribution in [2.24, 2.45) is 0 Å². The molecule has 6 aromatic rings. The zero-order valence-electron chi connectivity index (χ0n) is 33.1. The lowest BCUT2D eigenvalue weighted by Gasteiger charge is -2.20. The van der Waals surface area contributed by atoms with Crippen LogP contribution in [0.4, 0.5) is 0 Å². The number of hydrogen-bond acceptors (Lipinski definition) is 6. The average Bonchev–Trinajstić information content (AvgIpc) is 3.13. The fraction of sp³-hybridized carbons (Fsp3) is 0.265. The lowest BCUT2D eigenvalue weighted by Crippen LogP contribution is -2.05. The summed E-state index contributed by atoms with van der Waals surface area (Å²) in [6, 6.07) is 22.9. The number of phenols is 6. The number of aromatic hydroxyl groups is 6. The maximum absolute atomic E-state index is 11.4. The van der Waals surface area contributed by atoms with Crippen LogP contribution in [0.25, 0.3) is 0 Å². The first-order valence-electron chi connectivity index (χ1n) is 18.8. The molecule has 0 fully saturated rings. The second-order valence-electron chi connectivity index (χ2n) is 15.6. The Bertz CT molecular complexity index is 2280. The molecule has 0 bridgehead atoms. The van der Waals surface area contributed by atoms with Crippen LogP contribution in [0.15, 0.2) is 72.8 Å². The summed E-state index contributed by atoms with van der Waals surface area (Å²) in [7, 11) is 0. The summed E-state index contributed by atoms with van der Waals surface area (Å²) >= 11 is 0. The van der Waals surface area contributed by atoms with Crippen LogP contribution in [0.2, 0.25) is 0 Å². The van der Waals surface area contributed by atoms with E-state index in [-0.39, 0.29) is 34.5 Å². The van der Waals surface area contributed by atoms with Gasteiger partial charge >= 0.3 is 0 Å². The highest BCUT2D eigenvalue weighted by molar-refractivity contribution is 5.58. The van der Waals surface area contributed by atoms with E-state index >= 15 is 0 Å². The van der Waals surface area contributed by atoms with Crippen molar-refractivity contribution in [2.45, 2.75) is 87.5 Å².